The van der Waals surface area contributed by atoms with Crippen molar-refractivity contribution >= 4 is 0 Å². The zero-order chi connectivity index (χ0) is 9.07. The molecule has 4 N–H and O–H groups in total. The summed E-state index contributed by atoms with van der Waals surface area (Å²) in [4.78, 5) is 0. The van der Waals surface area contributed by atoms with Crippen LogP contribution in [0.15, 0.2) is 0 Å². The molecule has 0 aromatic carbocycles. The zero-order valence-corrected chi connectivity index (χ0v) is 8.23. The van der Waals surface area contributed by atoms with Gasteiger partial charge in [0.2, 0.25) is 0 Å². The summed E-state index contributed by atoms with van der Waals surface area (Å²) in [5.74, 6) is 0. The molecule has 0 unspecified atom stereocenters. The molecule has 0 fully saturated rings. The molecule has 0 radical (unpaired) electrons. The standard InChI is InChI=1S/C9H23N3/c1-2-3-4-6-11-7-5-8-12-9-10/h11-12H,2-10H2,1H3. The highest BCUT2D eigenvalue weighted by Gasteiger charge is 1.87. The van der Waals surface area contributed by atoms with Crippen LogP contribution in [0.3, 0.4) is 0 Å². The van der Waals surface area contributed by atoms with E-state index in [1.807, 2.05) is 0 Å². The Bertz CT molecular complexity index is 66.2. The Kier molecular flexibility index (Phi) is 10.8. The lowest BCUT2D eigenvalue weighted by molar-refractivity contribution is 0.576. The number of unbranched alkanes of at least 4 members (excludes halogenated alkanes) is 2. The third kappa shape index (κ3) is 9.88. The minimum atomic E-state index is 0.593. The van der Waals surface area contributed by atoms with E-state index in [2.05, 4.69) is 17.6 Å². The molecule has 0 saturated heterocycles. The van der Waals surface area contributed by atoms with E-state index in [4.69, 9.17) is 5.73 Å². The molecule has 0 heterocycles. The van der Waals surface area contributed by atoms with E-state index >= 15 is 0 Å². The Balaban J connectivity index is 2.73. The van der Waals surface area contributed by atoms with Crippen molar-refractivity contribution in [2.45, 2.75) is 32.6 Å². The highest BCUT2D eigenvalue weighted by molar-refractivity contribution is 4.50. The average Bonchev–Trinajstić information content (AvgIpc) is 2.10. The topological polar surface area (TPSA) is 50.1 Å². The molecule has 3 nitrogen and oxygen atoms in total. The van der Waals surface area contributed by atoms with Crippen molar-refractivity contribution < 1.29 is 0 Å². The van der Waals surface area contributed by atoms with Crippen molar-refractivity contribution in [2.24, 2.45) is 5.73 Å². The second kappa shape index (κ2) is 10.9. The lowest BCUT2D eigenvalue weighted by Gasteiger charge is -2.03. The van der Waals surface area contributed by atoms with E-state index in [0.717, 1.165) is 19.6 Å². The van der Waals surface area contributed by atoms with Crippen molar-refractivity contribution in [1.29, 1.82) is 0 Å². The SMILES string of the molecule is CCCCCNCCCNCN. The van der Waals surface area contributed by atoms with Crippen LogP contribution < -0.4 is 16.4 Å². The molecule has 0 rings (SSSR count). The molecule has 0 aliphatic heterocycles. The van der Waals surface area contributed by atoms with Gasteiger partial charge in [-0.25, -0.2) is 0 Å². The van der Waals surface area contributed by atoms with Crippen LogP contribution in [0.1, 0.15) is 32.6 Å². The molecule has 0 aliphatic rings. The maximum atomic E-state index is 5.28. The fourth-order valence-corrected chi connectivity index (χ4v) is 1.07. The first-order valence-electron chi connectivity index (χ1n) is 5.03. The van der Waals surface area contributed by atoms with E-state index in [1.54, 1.807) is 0 Å². The van der Waals surface area contributed by atoms with Gasteiger partial charge in [0.25, 0.3) is 0 Å². The van der Waals surface area contributed by atoms with Crippen molar-refractivity contribution in [1.82, 2.24) is 10.6 Å². The molecule has 0 aliphatic carbocycles. The predicted molar refractivity (Wildman–Crippen MR) is 54.1 cm³/mol. The fraction of sp³-hybridized carbons (Fsp3) is 1.00. The molecule has 3 heteroatoms. The Labute approximate surface area is 76.1 Å². The summed E-state index contributed by atoms with van der Waals surface area (Å²) in [6.07, 6.45) is 5.12. The molecule has 74 valence electrons. The summed E-state index contributed by atoms with van der Waals surface area (Å²) in [5.41, 5.74) is 5.28. The third-order valence-electron chi connectivity index (χ3n) is 1.81. The molecular weight excluding hydrogens is 150 g/mol. The lowest BCUT2D eigenvalue weighted by atomic mass is 10.2. The van der Waals surface area contributed by atoms with Crippen LogP contribution in [0.4, 0.5) is 0 Å². The number of rotatable bonds is 9. The Hall–Kier alpha value is -0.120. The van der Waals surface area contributed by atoms with Crippen LogP contribution in [-0.2, 0) is 0 Å². The van der Waals surface area contributed by atoms with Crippen molar-refractivity contribution in [3.63, 3.8) is 0 Å². The molecule has 0 aromatic rings. The molecule has 0 atom stereocenters. The molecule has 0 aromatic heterocycles. The van der Waals surface area contributed by atoms with Crippen molar-refractivity contribution in [3.8, 4) is 0 Å². The monoisotopic (exact) mass is 173 g/mol. The van der Waals surface area contributed by atoms with E-state index in [0.29, 0.717) is 6.67 Å². The molecule has 0 saturated carbocycles. The minimum absolute atomic E-state index is 0.593. The van der Waals surface area contributed by atoms with Gasteiger partial charge in [0, 0.05) is 6.67 Å². The highest BCUT2D eigenvalue weighted by atomic mass is 15.0. The van der Waals surface area contributed by atoms with Crippen LogP contribution in [0.5, 0.6) is 0 Å². The lowest BCUT2D eigenvalue weighted by Crippen LogP contribution is -2.26. The third-order valence-corrected chi connectivity index (χ3v) is 1.81. The first-order valence-corrected chi connectivity index (χ1v) is 5.03. The summed E-state index contributed by atoms with van der Waals surface area (Å²) < 4.78 is 0. The quantitative estimate of drug-likeness (QED) is 0.355. The summed E-state index contributed by atoms with van der Waals surface area (Å²) in [6, 6.07) is 0. The fourth-order valence-electron chi connectivity index (χ4n) is 1.07. The first-order chi connectivity index (χ1) is 5.91. The molecule has 0 spiro atoms. The van der Waals surface area contributed by atoms with Gasteiger partial charge in [0.15, 0.2) is 0 Å². The maximum absolute atomic E-state index is 5.28. The van der Waals surface area contributed by atoms with Gasteiger partial charge >= 0.3 is 0 Å². The normalized spacial score (nSPS) is 10.5. The maximum Gasteiger partial charge on any atom is 0.0428 e. The molecule has 12 heavy (non-hydrogen) atoms. The van der Waals surface area contributed by atoms with E-state index in [9.17, 15) is 0 Å². The van der Waals surface area contributed by atoms with Gasteiger partial charge in [0.05, 0.1) is 0 Å². The van der Waals surface area contributed by atoms with Gasteiger partial charge in [-0.1, -0.05) is 19.8 Å². The van der Waals surface area contributed by atoms with Crippen molar-refractivity contribution in [2.75, 3.05) is 26.3 Å². The smallest absolute Gasteiger partial charge is 0.0428 e. The van der Waals surface area contributed by atoms with Crippen LogP contribution >= 0.6 is 0 Å². The second-order valence-corrected chi connectivity index (χ2v) is 3.01. The predicted octanol–water partition coefficient (Wildman–Crippen LogP) is 0.662. The van der Waals surface area contributed by atoms with E-state index in [-0.39, 0.29) is 0 Å². The summed E-state index contributed by atoms with van der Waals surface area (Å²) in [5, 5.41) is 6.49. The number of hydrogen-bond acceptors (Lipinski definition) is 3. The van der Waals surface area contributed by atoms with Gasteiger partial charge in [-0.2, -0.15) is 0 Å². The van der Waals surface area contributed by atoms with Gasteiger partial charge in [-0.3, -0.25) is 0 Å². The molecular formula is C9H23N3. The van der Waals surface area contributed by atoms with Gasteiger partial charge < -0.3 is 16.4 Å². The highest BCUT2D eigenvalue weighted by Crippen LogP contribution is 1.90. The van der Waals surface area contributed by atoms with Gasteiger partial charge in [-0.05, 0) is 32.5 Å². The Morgan fingerprint density at radius 2 is 1.58 bits per heavy atom. The number of nitrogens with one attached hydrogen (secondary N) is 2. The first kappa shape index (κ1) is 11.9. The number of hydrogen-bond donors (Lipinski definition) is 3. The Morgan fingerprint density at radius 1 is 0.917 bits per heavy atom. The second-order valence-electron chi connectivity index (χ2n) is 3.01. The average molecular weight is 173 g/mol. The largest absolute Gasteiger partial charge is 0.318 e. The zero-order valence-electron chi connectivity index (χ0n) is 8.23. The van der Waals surface area contributed by atoms with E-state index in [1.165, 1.54) is 25.7 Å². The van der Waals surface area contributed by atoms with Crippen LogP contribution in [0.25, 0.3) is 0 Å². The van der Waals surface area contributed by atoms with Crippen LogP contribution in [-0.4, -0.2) is 26.3 Å². The van der Waals surface area contributed by atoms with Gasteiger partial charge in [0.1, 0.15) is 0 Å². The van der Waals surface area contributed by atoms with Crippen LogP contribution in [0.2, 0.25) is 0 Å². The van der Waals surface area contributed by atoms with Crippen molar-refractivity contribution in [3.05, 3.63) is 0 Å². The summed E-state index contributed by atoms with van der Waals surface area (Å²) >= 11 is 0. The molecule has 0 bridgehead atoms. The van der Waals surface area contributed by atoms with E-state index < -0.39 is 0 Å². The van der Waals surface area contributed by atoms with Gasteiger partial charge in [-0.15, -0.1) is 0 Å². The number of nitrogens with two attached hydrogens (primary N) is 1. The molecule has 0 amide bonds. The Morgan fingerprint density at radius 3 is 2.25 bits per heavy atom. The summed E-state index contributed by atoms with van der Waals surface area (Å²) in [6.45, 7) is 6.12. The summed E-state index contributed by atoms with van der Waals surface area (Å²) in [7, 11) is 0. The van der Waals surface area contributed by atoms with Crippen LogP contribution in [0, 0.1) is 0 Å². The minimum Gasteiger partial charge on any atom is -0.318 e.